The van der Waals surface area contributed by atoms with E-state index in [2.05, 4.69) is 4.90 Å². The van der Waals surface area contributed by atoms with Gasteiger partial charge in [0.25, 0.3) is 0 Å². The highest BCUT2D eigenvalue weighted by Crippen LogP contribution is 2.55. The van der Waals surface area contributed by atoms with E-state index in [0.717, 1.165) is 18.5 Å². The summed E-state index contributed by atoms with van der Waals surface area (Å²) < 4.78 is 60.1. The largest absolute Gasteiger partial charge is 0.535 e. The molecule has 2 unspecified atom stereocenters. The lowest BCUT2D eigenvalue weighted by Gasteiger charge is -2.41. The maximum absolute atomic E-state index is 13.6. The number of carbonyl (C=O) groups excluding carboxylic acids is 2. The third-order valence-corrected chi connectivity index (χ3v) is 8.10. The smallest absolute Gasteiger partial charge is 0.493 e. The lowest BCUT2D eigenvalue weighted by Crippen LogP contribution is -2.43. The number of methoxy groups -OCH3 is 2. The van der Waals surface area contributed by atoms with Crippen molar-refractivity contribution in [1.82, 2.24) is 4.90 Å². The fourth-order valence-electron chi connectivity index (χ4n) is 4.92. The number of benzene rings is 1. The van der Waals surface area contributed by atoms with Gasteiger partial charge in [-0.15, -0.1) is 0 Å². The first-order valence-corrected chi connectivity index (χ1v) is 14.7. The molecule has 41 heavy (non-hydrogen) atoms. The number of ether oxygens (including phenoxy) is 6. The Morgan fingerprint density at radius 1 is 0.976 bits per heavy atom. The molecule has 13 nitrogen and oxygen atoms in total. The van der Waals surface area contributed by atoms with Crippen molar-refractivity contribution in [1.29, 1.82) is 0 Å². The van der Waals surface area contributed by atoms with Crippen LogP contribution < -0.4 is 9.47 Å². The minimum absolute atomic E-state index is 0.0106. The zero-order chi connectivity index (χ0) is 30.2. The van der Waals surface area contributed by atoms with Crippen LogP contribution in [0.2, 0.25) is 0 Å². The third-order valence-electron chi connectivity index (χ3n) is 6.80. The molecule has 1 fully saturated rings. The molecule has 0 bridgehead atoms. The zero-order valence-corrected chi connectivity index (χ0v) is 25.5. The van der Waals surface area contributed by atoms with Crippen LogP contribution in [0.3, 0.4) is 0 Å². The fourth-order valence-corrected chi connectivity index (χ4v) is 5.90. The van der Waals surface area contributed by atoms with E-state index in [4.69, 9.17) is 42.0 Å². The Morgan fingerprint density at radius 3 is 2.10 bits per heavy atom. The standard InChI is InChI=1S/C27H40NO12P/c1-18(2)38-25(29)34-16-36-41(31,37-17-35-26(30)39-19(3)4)40-21-10-11-27(12-13-28(5)24(27)15-21)20-8-9-22(32-6)23(14-20)33-7/h8-10,14,18-19,24H,11-13,15-17H2,1-7H3. The average molecular weight is 602 g/mol. The number of rotatable bonds is 13. The van der Waals surface area contributed by atoms with E-state index < -0.39 is 45.9 Å². The highest BCUT2D eigenvalue weighted by molar-refractivity contribution is 7.48. The summed E-state index contributed by atoms with van der Waals surface area (Å²) in [5.74, 6) is 1.63. The normalized spacial score (nSPS) is 20.7. The predicted molar refractivity (Wildman–Crippen MR) is 146 cm³/mol. The quantitative estimate of drug-likeness (QED) is 0.159. The maximum Gasteiger partial charge on any atom is 0.535 e. The van der Waals surface area contributed by atoms with E-state index in [1.54, 1.807) is 41.9 Å². The van der Waals surface area contributed by atoms with Gasteiger partial charge in [-0.25, -0.2) is 23.2 Å². The van der Waals surface area contributed by atoms with Gasteiger partial charge in [-0.1, -0.05) is 6.07 Å². The van der Waals surface area contributed by atoms with Gasteiger partial charge in [0, 0.05) is 17.9 Å². The van der Waals surface area contributed by atoms with Crippen LogP contribution in [-0.4, -0.2) is 76.9 Å². The molecule has 2 aliphatic rings. The molecule has 3 rings (SSSR count). The first-order valence-electron chi connectivity index (χ1n) is 13.3. The van der Waals surface area contributed by atoms with Crippen LogP contribution in [0.4, 0.5) is 9.59 Å². The molecule has 14 heteroatoms. The van der Waals surface area contributed by atoms with E-state index in [1.165, 1.54) is 0 Å². The molecule has 0 N–H and O–H groups in total. The number of phosphoric ester groups is 1. The second-order valence-corrected chi connectivity index (χ2v) is 11.8. The molecule has 1 aliphatic carbocycles. The number of fused-ring (bicyclic) bond motifs is 1. The first kappa shape index (κ1) is 32.5. The fraction of sp³-hybridized carbons (Fsp3) is 0.630. The number of phosphoric acid groups is 1. The SMILES string of the molecule is COc1ccc(C23CC=C(OP(=O)(OCOC(=O)OC(C)C)OCOC(=O)OC(C)C)CC2N(C)CC3)cc1OC. The number of hydrogen-bond acceptors (Lipinski definition) is 13. The monoisotopic (exact) mass is 601 g/mol. The van der Waals surface area contributed by atoms with Crippen LogP contribution in [0, 0.1) is 0 Å². The number of nitrogens with zero attached hydrogens (tertiary/aromatic N) is 1. The van der Waals surface area contributed by atoms with Crippen LogP contribution in [0.25, 0.3) is 0 Å². The molecule has 1 aromatic carbocycles. The van der Waals surface area contributed by atoms with E-state index in [0.29, 0.717) is 30.1 Å². The van der Waals surface area contributed by atoms with Crippen molar-refractivity contribution in [2.45, 2.75) is 70.6 Å². The van der Waals surface area contributed by atoms with Crippen molar-refractivity contribution in [3.8, 4) is 11.5 Å². The second kappa shape index (κ2) is 14.3. The van der Waals surface area contributed by atoms with E-state index in [1.807, 2.05) is 31.3 Å². The van der Waals surface area contributed by atoms with Gasteiger partial charge < -0.3 is 37.8 Å². The Kier molecular flexibility index (Phi) is 11.3. The van der Waals surface area contributed by atoms with Crippen molar-refractivity contribution in [3.05, 3.63) is 35.6 Å². The van der Waals surface area contributed by atoms with Gasteiger partial charge in [-0.05, 0) is 77.9 Å². The number of hydrogen-bond donors (Lipinski definition) is 0. The van der Waals surface area contributed by atoms with Crippen molar-refractivity contribution in [2.24, 2.45) is 0 Å². The molecule has 0 saturated carbocycles. The van der Waals surface area contributed by atoms with Crippen molar-refractivity contribution >= 4 is 20.1 Å². The Labute approximate surface area is 240 Å². The molecular formula is C27H40NO12P. The van der Waals surface area contributed by atoms with E-state index in [9.17, 15) is 14.2 Å². The summed E-state index contributed by atoms with van der Waals surface area (Å²) in [5.41, 5.74) is 0.838. The third kappa shape index (κ3) is 8.51. The van der Waals surface area contributed by atoms with E-state index in [-0.39, 0.29) is 11.5 Å². The second-order valence-electron chi connectivity index (χ2n) is 10.2. The van der Waals surface area contributed by atoms with Crippen LogP contribution in [0.5, 0.6) is 11.5 Å². The Hall–Kier alpha value is -2.99. The van der Waals surface area contributed by atoms with Gasteiger partial charge >= 0.3 is 20.1 Å². The van der Waals surface area contributed by atoms with Gasteiger partial charge in [0.05, 0.1) is 26.4 Å². The minimum Gasteiger partial charge on any atom is -0.493 e. The summed E-state index contributed by atoms with van der Waals surface area (Å²) in [5, 5.41) is 0. The molecule has 0 radical (unpaired) electrons. The molecule has 0 aromatic heterocycles. The molecule has 1 aliphatic heterocycles. The number of likely N-dealkylation sites (N-methyl/N-ethyl adjacent to an activating group) is 1. The molecule has 0 amide bonds. The Bertz CT molecular complexity index is 1110. The molecule has 2 atom stereocenters. The molecule has 1 heterocycles. The van der Waals surface area contributed by atoms with Crippen molar-refractivity contribution in [2.75, 3.05) is 41.4 Å². The van der Waals surface area contributed by atoms with Crippen molar-refractivity contribution < 1.29 is 56.1 Å². The summed E-state index contributed by atoms with van der Waals surface area (Å²) in [6.07, 6.45) is 0.783. The molecule has 230 valence electrons. The lowest BCUT2D eigenvalue weighted by atomic mass is 9.68. The number of allylic oxidation sites excluding steroid dienone is 1. The van der Waals surface area contributed by atoms with Crippen molar-refractivity contribution in [3.63, 3.8) is 0 Å². The van der Waals surface area contributed by atoms with Gasteiger partial charge in [0.2, 0.25) is 13.6 Å². The van der Waals surface area contributed by atoms with Gasteiger partial charge in [-0.3, -0.25) is 0 Å². The minimum atomic E-state index is -4.43. The average Bonchev–Trinajstić information content (AvgIpc) is 3.24. The summed E-state index contributed by atoms with van der Waals surface area (Å²) in [4.78, 5) is 25.7. The summed E-state index contributed by atoms with van der Waals surface area (Å²) in [6, 6.07) is 5.90. The first-order chi connectivity index (χ1) is 19.4. The summed E-state index contributed by atoms with van der Waals surface area (Å²) in [7, 11) is 0.777. The Morgan fingerprint density at radius 2 is 1.56 bits per heavy atom. The van der Waals surface area contributed by atoms with Gasteiger partial charge in [0.15, 0.2) is 11.5 Å². The topological polar surface area (TPSA) is 138 Å². The molecular weight excluding hydrogens is 561 g/mol. The van der Waals surface area contributed by atoms with Crippen LogP contribution in [-0.2, 0) is 42.5 Å². The summed E-state index contributed by atoms with van der Waals surface area (Å²) >= 11 is 0. The predicted octanol–water partition coefficient (Wildman–Crippen LogP) is 5.52. The van der Waals surface area contributed by atoms with Crippen LogP contribution in [0.15, 0.2) is 30.0 Å². The van der Waals surface area contributed by atoms with Crippen LogP contribution in [0.1, 0.15) is 52.5 Å². The van der Waals surface area contributed by atoms with Gasteiger partial charge in [-0.2, -0.15) is 0 Å². The lowest BCUT2D eigenvalue weighted by molar-refractivity contribution is -0.0428. The highest BCUT2D eigenvalue weighted by atomic mass is 31.2. The van der Waals surface area contributed by atoms with E-state index >= 15 is 0 Å². The molecule has 0 spiro atoms. The van der Waals surface area contributed by atoms with Crippen LogP contribution >= 0.6 is 7.82 Å². The zero-order valence-electron chi connectivity index (χ0n) is 24.6. The molecule has 1 aromatic rings. The maximum atomic E-state index is 13.6. The number of likely N-dealkylation sites (tertiary alicyclic amines) is 1. The van der Waals surface area contributed by atoms with Gasteiger partial charge in [0.1, 0.15) is 5.76 Å². The molecule has 1 saturated heterocycles. The Balaban J connectivity index is 1.77. The number of carbonyl (C=O) groups is 2. The summed E-state index contributed by atoms with van der Waals surface area (Å²) in [6.45, 7) is 5.84. The highest BCUT2D eigenvalue weighted by Gasteiger charge is 2.50.